The van der Waals surface area contributed by atoms with E-state index in [-0.39, 0.29) is 31.9 Å². The van der Waals surface area contributed by atoms with Crippen LogP contribution in [0.1, 0.15) is 52.7 Å². The Morgan fingerprint density at radius 3 is 1.92 bits per heavy atom. The van der Waals surface area contributed by atoms with Gasteiger partial charge in [-0.25, -0.2) is 0 Å². The van der Waals surface area contributed by atoms with Crippen LogP contribution in [0.2, 0.25) is 0 Å². The third-order valence-corrected chi connectivity index (χ3v) is 8.22. The molecule has 7 aromatic rings. The number of rotatable bonds is 7. The molecule has 0 fully saturated rings. The molecule has 0 bridgehead atoms. The SMILES string of the molecule is CC(C)(C)Cc1ccc(-c2[c-]c(Oc3[c-]c(-c4ccc(CC(C)(C)C)cn4)c4c(c3)oc3cc(-c5ccccc5)ccc34)ccc2)nc1.[Pt+2]. The molecule has 0 aliphatic rings. The van der Waals surface area contributed by atoms with Crippen LogP contribution in [0.15, 0.2) is 114 Å². The molecule has 7 rings (SSSR count). The Labute approximate surface area is 303 Å². The van der Waals surface area contributed by atoms with Crippen LogP contribution in [-0.4, -0.2) is 9.97 Å². The molecule has 0 saturated heterocycles. The van der Waals surface area contributed by atoms with Crippen molar-refractivity contribution in [2.75, 3.05) is 0 Å². The molecule has 0 unspecified atom stereocenters. The summed E-state index contributed by atoms with van der Waals surface area (Å²) in [6, 6.07) is 39.9. The van der Waals surface area contributed by atoms with E-state index in [1.807, 2.05) is 54.9 Å². The van der Waals surface area contributed by atoms with Gasteiger partial charge < -0.3 is 19.1 Å². The van der Waals surface area contributed by atoms with Crippen molar-refractivity contribution < 1.29 is 30.2 Å². The summed E-state index contributed by atoms with van der Waals surface area (Å²) in [7, 11) is 0. The molecule has 0 radical (unpaired) electrons. The van der Waals surface area contributed by atoms with Gasteiger partial charge in [-0.05, 0) is 68.8 Å². The quantitative estimate of drug-likeness (QED) is 0.150. The van der Waals surface area contributed by atoms with E-state index in [0.717, 1.165) is 62.8 Å². The van der Waals surface area contributed by atoms with Gasteiger partial charge in [0.1, 0.15) is 5.58 Å². The third-order valence-electron chi connectivity index (χ3n) is 8.22. The van der Waals surface area contributed by atoms with Crippen LogP contribution in [0, 0.1) is 23.0 Å². The first-order chi connectivity index (χ1) is 23.0. The Morgan fingerprint density at radius 2 is 1.29 bits per heavy atom. The number of furan rings is 1. The van der Waals surface area contributed by atoms with Crippen LogP contribution in [0.5, 0.6) is 11.5 Å². The summed E-state index contributed by atoms with van der Waals surface area (Å²) in [5, 5.41) is 1.97. The number of hydrogen-bond donors (Lipinski definition) is 0. The first-order valence-corrected chi connectivity index (χ1v) is 16.6. The maximum absolute atomic E-state index is 6.54. The summed E-state index contributed by atoms with van der Waals surface area (Å²) in [4.78, 5) is 9.66. The first-order valence-electron chi connectivity index (χ1n) is 16.6. The number of nitrogens with zero attached hydrogens (tertiary/aromatic N) is 2. The zero-order valence-electron chi connectivity index (χ0n) is 28.8. The van der Waals surface area contributed by atoms with E-state index in [1.54, 1.807) is 0 Å². The molecule has 3 aromatic heterocycles. The van der Waals surface area contributed by atoms with Crippen LogP contribution >= 0.6 is 0 Å². The Hall–Kier alpha value is -4.53. The summed E-state index contributed by atoms with van der Waals surface area (Å²) in [5.74, 6) is 1.10. The predicted molar refractivity (Wildman–Crippen MR) is 196 cm³/mol. The molecule has 4 nitrogen and oxygen atoms in total. The van der Waals surface area contributed by atoms with Gasteiger partial charge in [-0.15, -0.1) is 29.3 Å². The van der Waals surface area contributed by atoms with Crippen molar-refractivity contribution in [2.45, 2.75) is 54.4 Å². The second-order valence-corrected chi connectivity index (χ2v) is 15.0. The van der Waals surface area contributed by atoms with Crippen LogP contribution in [0.25, 0.3) is 55.6 Å². The predicted octanol–water partition coefficient (Wildman–Crippen LogP) is 11.9. The van der Waals surface area contributed by atoms with Crippen LogP contribution in [0.4, 0.5) is 0 Å². The molecular weight excluding hydrogens is 784 g/mol. The zero-order chi connectivity index (χ0) is 33.5. The van der Waals surface area contributed by atoms with E-state index in [4.69, 9.17) is 19.1 Å². The normalized spacial score (nSPS) is 11.9. The summed E-state index contributed by atoms with van der Waals surface area (Å²) in [6.45, 7) is 13.4. The minimum absolute atomic E-state index is 0. The van der Waals surface area contributed by atoms with Crippen molar-refractivity contribution in [3.63, 3.8) is 0 Å². The van der Waals surface area contributed by atoms with Gasteiger partial charge in [-0.1, -0.05) is 132 Å². The monoisotopic (exact) mass is 823 g/mol. The Bertz CT molecular complexity index is 2210. The molecule has 5 heteroatoms. The third kappa shape index (κ3) is 8.03. The molecule has 0 saturated carbocycles. The molecule has 0 aliphatic carbocycles. The van der Waals surface area contributed by atoms with Gasteiger partial charge in [0.05, 0.1) is 5.58 Å². The maximum atomic E-state index is 6.54. The molecule has 0 atom stereocenters. The topological polar surface area (TPSA) is 48.2 Å². The second-order valence-electron chi connectivity index (χ2n) is 15.0. The van der Waals surface area contributed by atoms with E-state index in [2.05, 4.69) is 108 Å². The maximum Gasteiger partial charge on any atom is 2.00 e. The van der Waals surface area contributed by atoms with E-state index < -0.39 is 0 Å². The molecular formula is C44H40N2O2Pt. The van der Waals surface area contributed by atoms with Crippen LogP contribution in [-0.2, 0) is 33.9 Å². The molecule has 0 spiro atoms. The number of hydrogen-bond acceptors (Lipinski definition) is 4. The number of ether oxygens (including phenoxy) is 1. The Balaban J connectivity index is 0.00000417. The average Bonchev–Trinajstić information content (AvgIpc) is 3.42. The fraction of sp³-hybridized carbons (Fsp3) is 0.227. The van der Waals surface area contributed by atoms with Gasteiger partial charge in [0, 0.05) is 23.9 Å². The van der Waals surface area contributed by atoms with Gasteiger partial charge in [0.2, 0.25) is 0 Å². The van der Waals surface area contributed by atoms with E-state index in [1.165, 1.54) is 11.1 Å². The van der Waals surface area contributed by atoms with Gasteiger partial charge in [-0.3, -0.25) is 0 Å². The van der Waals surface area contributed by atoms with Crippen LogP contribution in [0.3, 0.4) is 0 Å². The van der Waals surface area contributed by atoms with Crippen molar-refractivity contribution in [2.24, 2.45) is 10.8 Å². The molecule has 0 N–H and O–H groups in total. The second kappa shape index (κ2) is 13.8. The fourth-order valence-corrected chi connectivity index (χ4v) is 6.24. The Morgan fingerprint density at radius 1 is 0.612 bits per heavy atom. The number of benzene rings is 4. The van der Waals surface area contributed by atoms with E-state index in [9.17, 15) is 0 Å². The molecule has 248 valence electrons. The van der Waals surface area contributed by atoms with E-state index >= 15 is 0 Å². The first kappa shape index (κ1) is 34.3. The van der Waals surface area contributed by atoms with Gasteiger partial charge in [-0.2, -0.15) is 0 Å². The fourth-order valence-electron chi connectivity index (χ4n) is 6.24. The number of aromatic nitrogens is 2. The summed E-state index contributed by atoms with van der Waals surface area (Å²) >= 11 is 0. The minimum atomic E-state index is 0. The largest absolute Gasteiger partial charge is 2.00 e. The molecule has 0 aliphatic heterocycles. The summed E-state index contributed by atoms with van der Waals surface area (Å²) < 4.78 is 13.0. The molecule has 0 amide bonds. The zero-order valence-corrected chi connectivity index (χ0v) is 31.1. The average molecular weight is 824 g/mol. The summed E-state index contributed by atoms with van der Waals surface area (Å²) in [6.07, 6.45) is 5.85. The Kier molecular flexibility index (Phi) is 9.65. The van der Waals surface area contributed by atoms with Gasteiger partial charge in [0.25, 0.3) is 0 Å². The summed E-state index contributed by atoms with van der Waals surface area (Å²) in [5.41, 5.74) is 9.91. The van der Waals surface area contributed by atoms with Crippen molar-refractivity contribution in [1.82, 2.24) is 9.97 Å². The van der Waals surface area contributed by atoms with Crippen molar-refractivity contribution in [3.8, 4) is 45.1 Å². The standard InChI is InChI=1S/C44H40N2O2.Pt/c1-43(2,3)25-29-15-19-38(45-27-29)33-13-10-14-34(21-33)47-35-23-37(39-20-16-30(28-46-39)26-44(4,5)6)42-36-18-17-32(31-11-8-7-9-12-31)22-40(36)48-41(42)24-35;/h7-20,22,24,27-28H,25-26H2,1-6H3;/q-2;+2. The number of fused-ring (bicyclic) bond motifs is 3. The number of pyridine rings is 2. The van der Waals surface area contributed by atoms with Crippen LogP contribution < -0.4 is 4.74 Å². The molecule has 49 heavy (non-hydrogen) atoms. The smallest absolute Gasteiger partial charge is 0.496 e. The minimum Gasteiger partial charge on any atom is -0.496 e. The van der Waals surface area contributed by atoms with Crippen molar-refractivity contribution in [3.05, 3.63) is 133 Å². The molecule has 4 aromatic carbocycles. The van der Waals surface area contributed by atoms with Crippen molar-refractivity contribution >= 4 is 21.9 Å². The van der Waals surface area contributed by atoms with Gasteiger partial charge in [0.15, 0.2) is 0 Å². The van der Waals surface area contributed by atoms with E-state index in [0.29, 0.717) is 17.1 Å². The molecule has 3 heterocycles. The van der Waals surface area contributed by atoms with Gasteiger partial charge >= 0.3 is 21.1 Å². The van der Waals surface area contributed by atoms with Crippen molar-refractivity contribution in [1.29, 1.82) is 0 Å².